The first-order chi connectivity index (χ1) is 15.1. The molecule has 0 unspecified atom stereocenters. The highest BCUT2D eigenvalue weighted by molar-refractivity contribution is 5.74. The van der Waals surface area contributed by atoms with Crippen LogP contribution >= 0.6 is 0 Å². The fourth-order valence-corrected chi connectivity index (χ4v) is 3.85. The van der Waals surface area contributed by atoms with Crippen molar-refractivity contribution in [2.75, 3.05) is 0 Å². The Hall–Kier alpha value is -2.75. The molecule has 0 fully saturated rings. The minimum atomic E-state index is -0.947. The molecule has 0 spiro atoms. The molecule has 0 bridgehead atoms. The van der Waals surface area contributed by atoms with Crippen LogP contribution in [0.1, 0.15) is 84.3 Å². The molecule has 0 saturated carbocycles. The fourth-order valence-electron chi connectivity index (χ4n) is 3.85. The second-order valence-corrected chi connectivity index (χ2v) is 9.34. The molecule has 0 saturated heterocycles. The van der Waals surface area contributed by atoms with Gasteiger partial charge in [0.05, 0.1) is 6.42 Å². The Morgan fingerprint density at radius 2 is 1.62 bits per heavy atom. The minimum Gasteiger partial charge on any atom is -0.508 e. The molecule has 1 aliphatic rings. The van der Waals surface area contributed by atoms with E-state index in [2.05, 4.69) is 45.9 Å². The number of hydrogen-bond donors (Lipinski definition) is 2. The van der Waals surface area contributed by atoms with Crippen molar-refractivity contribution in [3.05, 3.63) is 64.3 Å². The smallest absolute Gasteiger partial charge is 0.307 e. The lowest BCUT2D eigenvalue weighted by Crippen LogP contribution is -2.32. The van der Waals surface area contributed by atoms with Crippen LogP contribution in [0, 0.1) is 0 Å². The van der Waals surface area contributed by atoms with Gasteiger partial charge in [0.15, 0.2) is 0 Å². The molecule has 0 aromatic heterocycles. The van der Waals surface area contributed by atoms with Crippen molar-refractivity contribution >= 4 is 12.0 Å². The highest BCUT2D eigenvalue weighted by atomic mass is 16.5. The zero-order valence-corrected chi connectivity index (χ0v) is 20.2. The van der Waals surface area contributed by atoms with Gasteiger partial charge in [0.1, 0.15) is 17.1 Å². The van der Waals surface area contributed by atoms with Crippen LogP contribution in [0.2, 0.25) is 0 Å². The molecule has 2 N–H and O–H groups in total. The summed E-state index contributed by atoms with van der Waals surface area (Å²) in [5.41, 5.74) is 4.92. The van der Waals surface area contributed by atoms with Gasteiger partial charge in [-0.15, -0.1) is 0 Å². The Bertz CT molecular complexity index is 929. The Balaban J connectivity index is 1.90. The van der Waals surface area contributed by atoms with Gasteiger partial charge in [-0.25, -0.2) is 0 Å². The van der Waals surface area contributed by atoms with E-state index >= 15 is 0 Å². The number of fused-ring (bicyclic) bond motifs is 1. The first kappa shape index (κ1) is 25.5. The van der Waals surface area contributed by atoms with E-state index in [1.807, 2.05) is 19.1 Å². The SMILES string of the molecule is CC(C)=CCC/C(C)=C/CC/C(C)=C/CC[C@@]1(C)C=Cc2cc(O)cc(CC(=O)O)c2O1. The fraction of sp³-hybridized carbons (Fsp3) is 0.464. The number of allylic oxidation sites excluding steroid dienone is 6. The van der Waals surface area contributed by atoms with E-state index in [4.69, 9.17) is 4.74 Å². The number of phenolic OH excluding ortho intramolecular Hbond substituents is 1. The Labute approximate surface area is 193 Å². The number of carboxylic acids is 1. The van der Waals surface area contributed by atoms with Gasteiger partial charge in [-0.3, -0.25) is 4.79 Å². The third kappa shape index (κ3) is 8.41. The molecule has 0 aliphatic carbocycles. The summed E-state index contributed by atoms with van der Waals surface area (Å²) in [6.45, 7) is 10.7. The van der Waals surface area contributed by atoms with E-state index in [1.54, 1.807) is 6.07 Å². The molecule has 0 radical (unpaired) electrons. The van der Waals surface area contributed by atoms with Crippen molar-refractivity contribution in [3.63, 3.8) is 0 Å². The number of ether oxygens (including phenoxy) is 1. The van der Waals surface area contributed by atoms with Gasteiger partial charge in [0.2, 0.25) is 0 Å². The molecule has 1 atom stereocenters. The van der Waals surface area contributed by atoms with Crippen LogP contribution in [0.15, 0.2) is 53.2 Å². The van der Waals surface area contributed by atoms with Crippen molar-refractivity contribution < 1.29 is 19.7 Å². The molecular formula is C28H38O4. The molecular weight excluding hydrogens is 400 g/mol. The van der Waals surface area contributed by atoms with Gasteiger partial charge in [-0.2, -0.15) is 0 Å². The lowest BCUT2D eigenvalue weighted by Gasteiger charge is -2.32. The second kappa shape index (κ2) is 11.8. The van der Waals surface area contributed by atoms with Crippen LogP contribution in [0.25, 0.3) is 6.08 Å². The maximum atomic E-state index is 11.2. The standard InChI is InChI=1S/C28H38O4/c1-20(2)9-6-10-21(3)11-7-12-22(4)13-8-15-28(5)16-14-23-17-25(29)18-24(19-26(30)31)27(23)32-28/h9,11,13-14,16-18,29H,6-8,10,12,15,19H2,1-5H3,(H,30,31)/b21-11+,22-13+/t28-/m0/s1. The van der Waals surface area contributed by atoms with Crippen molar-refractivity contribution in [2.45, 2.75) is 85.2 Å². The third-order valence-corrected chi connectivity index (χ3v) is 5.73. The summed E-state index contributed by atoms with van der Waals surface area (Å²) in [7, 11) is 0. The van der Waals surface area contributed by atoms with Crippen molar-refractivity contribution in [1.29, 1.82) is 0 Å². The lowest BCUT2D eigenvalue weighted by molar-refractivity contribution is -0.136. The van der Waals surface area contributed by atoms with Crippen LogP contribution < -0.4 is 4.74 Å². The zero-order chi connectivity index (χ0) is 23.7. The lowest BCUT2D eigenvalue weighted by atomic mass is 9.92. The first-order valence-electron chi connectivity index (χ1n) is 11.5. The van der Waals surface area contributed by atoms with E-state index < -0.39 is 11.6 Å². The first-order valence-corrected chi connectivity index (χ1v) is 11.5. The molecule has 0 amide bonds. The monoisotopic (exact) mass is 438 g/mol. The maximum Gasteiger partial charge on any atom is 0.307 e. The Morgan fingerprint density at radius 3 is 2.25 bits per heavy atom. The number of aromatic hydroxyl groups is 1. The van der Waals surface area contributed by atoms with Crippen LogP contribution in [0.5, 0.6) is 11.5 Å². The van der Waals surface area contributed by atoms with Gasteiger partial charge >= 0.3 is 5.97 Å². The van der Waals surface area contributed by atoms with Gasteiger partial charge in [0.25, 0.3) is 0 Å². The topological polar surface area (TPSA) is 66.8 Å². The van der Waals surface area contributed by atoms with Gasteiger partial charge in [0, 0.05) is 11.1 Å². The molecule has 2 rings (SSSR count). The van der Waals surface area contributed by atoms with E-state index in [0.29, 0.717) is 11.3 Å². The third-order valence-electron chi connectivity index (χ3n) is 5.73. The highest BCUT2D eigenvalue weighted by Gasteiger charge is 2.29. The van der Waals surface area contributed by atoms with Crippen LogP contribution in [0.3, 0.4) is 0 Å². The average Bonchev–Trinajstić information content (AvgIpc) is 2.68. The van der Waals surface area contributed by atoms with E-state index in [9.17, 15) is 15.0 Å². The molecule has 4 heteroatoms. The normalized spacial score (nSPS) is 18.2. The molecule has 1 aromatic rings. The van der Waals surface area contributed by atoms with Gasteiger partial charge in [-0.1, -0.05) is 41.0 Å². The number of benzene rings is 1. The molecule has 1 heterocycles. The predicted molar refractivity (Wildman–Crippen MR) is 132 cm³/mol. The Morgan fingerprint density at radius 1 is 1.00 bits per heavy atom. The number of hydrogen-bond acceptors (Lipinski definition) is 3. The van der Waals surface area contributed by atoms with Gasteiger partial charge < -0.3 is 14.9 Å². The van der Waals surface area contributed by atoms with Crippen molar-refractivity contribution in [1.82, 2.24) is 0 Å². The van der Waals surface area contributed by atoms with E-state index in [-0.39, 0.29) is 12.2 Å². The van der Waals surface area contributed by atoms with Crippen LogP contribution in [0.4, 0.5) is 0 Å². The largest absolute Gasteiger partial charge is 0.508 e. The molecule has 1 aliphatic heterocycles. The van der Waals surface area contributed by atoms with Crippen molar-refractivity contribution in [3.8, 4) is 11.5 Å². The number of aliphatic carboxylic acids is 1. The number of carboxylic acid groups (broad SMARTS) is 1. The highest BCUT2D eigenvalue weighted by Crippen LogP contribution is 2.38. The summed E-state index contributed by atoms with van der Waals surface area (Å²) >= 11 is 0. The average molecular weight is 439 g/mol. The molecule has 4 nitrogen and oxygen atoms in total. The predicted octanol–water partition coefficient (Wildman–Crippen LogP) is 7.38. The quantitative estimate of drug-likeness (QED) is 0.354. The summed E-state index contributed by atoms with van der Waals surface area (Å²) < 4.78 is 6.25. The van der Waals surface area contributed by atoms with Crippen LogP contribution in [-0.4, -0.2) is 21.8 Å². The molecule has 174 valence electrons. The number of phenols is 1. The minimum absolute atomic E-state index is 0.0524. The number of carbonyl (C=O) groups is 1. The molecule has 1 aromatic carbocycles. The van der Waals surface area contributed by atoms with E-state index in [1.165, 1.54) is 22.8 Å². The summed E-state index contributed by atoms with van der Waals surface area (Å²) in [6.07, 6.45) is 16.7. The summed E-state index contributed by atoms with van der Waals surface area (Å²) in [4.78, 5) is 11.2. The maximum absolute atomic E-state index is 11.2. The molecule has 32 heavy (non-hydrogen) atoms. The summed E-state index contributed by atoms with van der Waals surface area (Å²) in [6, 6.07) is 3.09. The Kier molecular flexibility index (Phi) is 9.37. The second-order valence-electron chi connectivity index (χ2n) is 9.34. The van der Waals surface area contributed by atoms with Gasteiger partial charge in [-0.05, 0) is 91.4 Å². The van der Waals surface area contributed by atoms with Crippen molar-refractivity contribution in [2.24, 2.45) is 0 Å². The number of rotatable bonds is 11. The zero-order valence-electron chi connectivity index (χ0n) is 20.2. The summed E-state index contributed by atoms with van der Waals surface area (Å²) in [5.74, 6) is -0.335. The van der Waals surface area contributed by atoms with Crippen LogP contribution in [-0.2, 0) is 11.2 Å². The van der Waals surface area contributed by atoms with E-state index in [0.717, 1.165) is 44.1 Å². The summed E-state index contributed by atoms with van der Waals surface area (Å²) in [5, 5.41) is 19.1.